The van der Waals surface area contributed by atoms with Gasteiger partial charge in [0.1, 0.15) is 5.75 Å². The molecule has 0 N–H and O–H groups in total. The van der Waals surface area contributed by atoms with Gasteiger partial charge in [-0.15, -0.1) is 11.6 Å². The maximum absolute atomic E-state index is 12.0. The minimum atomic E-state index is -0.670. The lowest BCUT2D eigenvalue weighted by atomic mass is 9.91. The first-order valence-electron chi connectivity index (χ1n) is 5.03. The van der Waals surface area contributed by atoms with E-state index < -0.39 is 10.4 Å². The van der Waals surface area contributed by atoms with Crippen LogP contribution in [0.1, 0.15) is 13.8 Å². The summed E-state index contributed by atoms with van der Waals surface area (Å²) in [5.74, 6) is 0.862. The third-order valence-corrected chi connectivity index (χ3v) is 4.25. The fourth-order valence-corrected chi connectivity index (χ4v) is 2.39. The van der Waals surface area contributed by atoms with Crippen molar-refractivity contribution >= 4 is 55.9 Å². The molecular formula is C12H13BrClIO2. The molecule has 0 bridgehead atoms. The van der Waals surface area contributed by atoms with Gasteiger partial charge in [0, 0.05) is 14.9 Å². The van der Waals surface area contributed by atoms with E-state index in [0.717, 1.165) is 3.57 Å². The summed E-state index contributed by atoms with van der Waals surface area (Å²) in [6.45, 7) is 3.60. The molecular weight excluding hydrogens is 418 g/mol. The lowest BCUT2D eigenvalue weighted by Gasteiger charge is -2.23. The number of carbonyl (C=O) groups excluding carboxylic acids is 1. The standard InChI is InChI=1S/C12H13BrClIO2/c1-12(2,7-14)10(16)11(13)17-9-5-3-8(15)4-6-9/h3-6,11H,7H2,1-2H3. The Labute approximate surface area is 128 Å². The minimum Gasteiger partial charge on any atom is -0.471 e. The van der Waals surface area contributed by atoms with Crippen molar-refractivity contribution in [3.63, 3.8) is 0 Å². The lowest BCUT2D eigenvalue weighted by Crippen LogP contribution is -2.35. The number of hydrogen-bond acceptors (Lipinski definition) is 2. The molecule has 0 aromatic heterocycles. The van der Waals surface area contributed by atoms with E-state index in [-0.39, 0.29) is 11.7 Å². The van der Waals surface area contributed by atoms with Gasteiger partial charge >= 0.3 is 0 Å². The zero-order valence-electron chi connectivity index (χ0n) is 9.54. The van der Waals surface area contributed by atoms with Crippen LogP contribution in [0.3, 0.4) is 0 Å². The molecule has 1 unspecified atom stereocenters. The summed E-state index contributed by atoms with van der Waals surface area (Å²) in [4.78, 5) is 12.0. The van der Waals surface area contributed by atoms with E-state index in [2.05, 4.69) is 38.5 Å². The Morgan fingerprint density at radius 3 is 2.47 bits per heavy atom. The molecule has 0 aliphatic rings. The molecule has 0 spiro atoms. The number of halogens is 3. The average molecular weight is 431 g/mol. The largest absolute Gasteiger partial charge is 0.471 e. The Bertz CT molecular complexity index is 392. The number of hydrogen-bond donors (Lipinski definition) is 0. The lowest BCUT2D eigenvalue weighted by molar-refractivity contribution is -0.129. The van der Waals surface area contributed by atoms with Crippen LogP contribution in [0.2, 0.25) is 0 Å². The van der Waals surface area contributed by atoms with Gasteiger partial charge in [-0.05, 0) is 62.8 Å². The van der Waals surface area contributed by atoms with Gasteiger partial charge in [-0.3, -0.25) is 4.79 Å². The van der Waals surface area contributed by atoms with Gasteiger partial charge in [0.05, 0.1) is 0 Å². The van der Waals surface area contributed by atoms with Gasteiger partial charge in [0.2, 0.25) is 5.01 Å². The molecule has 0 amide bonds. The number of alkyl halides is 2. The zero-order chi connectivity index (χ0) is 13.1. The predicted octanol–water partition coefficient (Wildman–Crippen LogP) is 4.23. The van der Waals surface area contributed by atoms with Crippen LogP contribution in [0.25, 0.3) is 0 Å². The van der Waals surface area contributed by atoms with Gasteiger partial charge in [0.25, 0.3) is 0 Å². The number of carbonyl (C=O) groups is 1. The maximum atomic E-state index is 12.0. The van der Waals surface area contributed by atoms with Gasteiger partial charge in [-0.25, -0.2) is 0 Å². The highest BCUT2D eigenvalue weighted by Crippen LogP contribution is 2.25. The van der Waals surface area contributed by atoms with Gasteiger partial charge < -0.3 is 4.74 Å². The maximum Gasteiger partial charge on any atom is 0.211 e. The third kappa shape index (κ3) is 4.41. The van der Waals surface area contributed by atoms with Gasteiger partial charge in [-0.1, -0.05) is 13.8 Å². The van der Waals surface area contributed by atoms with E-state index in [1.165, 1.54) is 0 Å². The van der Waals surface area contributed by atoms with E-state index in [1.54, 1.807) is 13.8 Å². The molecule has 0 aliphatic carbocycles. The van der Waals surface area contributed by atoms with E-state index in [4.69, 9.17) is 16.3 Å². The molecule has 1 aromatic rings. The average Bonchev–Trinajstić information content (AvgIpc) is 2.31. The van der Waals surface area contributed by atoms with Crippen LogP contribution in [0, 0.1) is 8.99 Å². The molecule has 1 aromatic carbocycles. The van der Waals surface area contributed by atoms with Gasteiger partial charge in [-0.2, -0.15) is 0 Å². The monoisotopic (exact) mass is 430 g/mol. The second kappa shape index (κ2) is 6.38. The molecule has 0 saturated heterocycles. The van der Waals surface area contributed by atoms with Gasteiger partial charge in [0.15, 0.2) is 5.78 Å². The molecule has 0 radical (unpaired) electrons. The van der Waals surface area contributed by atoms with Crippen LogP contribution in [-0.4, -0.2) is 16.7 Å². The van der Waals surface area contributed by atoms with Crippen molar-refractivity contribution in [3.8, 4) is 5.75 Å². The quantitative estimate of drug-likeness (QED) is 0.515. The molecule has 5 heteroatoms. The first-order chi connectivity index (χ1) is 7.86. The summed E-state index contributed by atoms with van der Waals surface area (Å²) in [6, 6.07) is 7.51. The second-order valence-corrected chi connectivity index (χ2v) is 6.61. The van der Waals surface area contributed by atoms with Crippen LogP contribution in [0.15, 0.2) is 24.3 Å². The number of rotatable bonds is 5. The molecule has 0 aliphatic heterocycles. The highest BCUT2D eigenvalue weighted by atomic mass is 127. The Balaban J connectivity index is 2.69. The van der Waals surface area contributed by atoms with Crippen molar-refractivity contribution in [3.05, 3.63) is 27.8 Å². The first kappa shape index (κ1) is 15.2. The summed E-state index contributed by atoms with van der Waals surface area (Å²) in [5, 5.41) is -0.670. The smallest absolute Gasteiger partial charge is 0.211 e. The Hall–Kier alpha value is 0.190. The van der Waals surface area contributed by atoms with Crippen LogP contribution in [-0.2, 0) is 4.79 Å². The van der Waals surface area contributed by atoms with Crippen LogP contribution in [0.4, 0.5) is 0 Å². The molecule has 17 heavy (non-hydrogen) atoms. The molecule has 1 rings (SSSR count). The molecule has 0 heterocycles. The van der Waals surface area contributed by atoms with Crippen molar-refractivity contribution in [2.24, 2.45) is 5.41 Å². The topological polar surface area (TPSA) is 26.3 Å². The van der Waals surface area contributed by atoms with Crippen LogP contribution >= 0.6 is 50.1 Å². The number of ether oxygens (including phenoxy) is 1. The second-order valence-electron chi connectivity index (χ2n) is 4.27. The van der Waals surface area contributed by atoms with E-state index in [1.807, 2.05) is 24.3 Å². The Morgan fingerprint density at radius 2 is 2.00 bits per heavy atom. The van der Waals surface area contributed by atoms with Crippen LogP contribution in [0.5, 0.6) is 5.75 Å². The van der Waals surface area contributed by atoms with E-state index in [9.17, 15) is 4.79 Å². The van der Waals surface area contributed by atoms with E-state index >= 15 is 0 Å². The zero-order valence-corrected chi connectivity index (χ0v) is 14.0. The molecule has 2 nitrogen and oxygen atoms in total. The molecule has 0 saturated carbocycles. The van der Waals surface area contributed by atoms with Crippen LogP contribution < -0.4 is 4.74 Å². The Kier molecular flexibility index (Phi) is 5.73. The van der Waals surface area contributed by atoms with Crippen molar-refractivity contribution in [1.82, 2.24) is 0 Å². The fourth-order valence-electron chi connectivity index (χ4n) is 1.06. The van der Waals surface area contributed by atoms with Crippen molar-refractivity contribution in [1.29, 1.82) is 0 Å². The summed E-state index contributed by atoms with van der Waals surface area (Å²) in [6.07, 6.45) is 0. The summed E-state index contributed by atoms with van der Waals surface area (Å²) in [7, 11) is 0. The van der Waals surface area contributed by atoms with Crippen molar-refractivity contribution in [2.75, 3.05) is 5.88 Å². The SMILES string of the molecule is CC(C)(CCl)C(=O)C(Br)Oc1ccc(I)cc1. The summed E-state index contributed by atoms with van der Waals surface area (Å²) >= 11 is 11.2. The van der Waals surface area contributed by atoms with Crippen molar-refractivity contribution < 1.29 is 9.53 Å². The minimum absolute atomic E-state index is 0.0638. The Morgan fingerprint density at radius 1 is 1.47 bits per heavy atom. The molecule has 0 fully saturated rings. The highest BCUT2D eigenvalue weighted by Gasteiger charge is 2.32. The third-order valence-electron chi connectivity index (χ3n) is 2.26. The first-order valence-corrected chi connectivity index (χ1v) is 7.56. The highest BCUT2D eigenvalue weighted by molar-refractivity contribution is 14.1. The molecule has 94 valence electrons. The number of ketones is 1. The summed E-state index contributed by atoms with van der Waals surface area (Å²) in [5.41, 5.74) is -0.598. The normalized spacial score (nSPS) is 13.2. The fraction of sp³-hybridized carbons (Fsp3) is 0.417. The summed E-state index contributed by atoms with van der Waals surface area (Å²) < 4.78 is 6.64. The van der Waals surface area contributed by atoms with Crippen molar-refractivity contribution in [2.45, 2.75) is 18.9 Å². The predicted molar refractivity (Wildman–Crippen MR) is 82.0 cm³/mol. The van der Waals surface area contributed by atoms with E-state index in [0.29, 0.717) is 5.75 Å². The number of benzene rings is 1. The number of Topliss-reactive ketones (excluding diaryl/α,β-unsaturated/α-hetero) is 1. The molecule has 1 atom stereocenters.